The third kappa shape index (κ3) is 11.2. The van der Waals surface area contributed by atoms with E-state index in [1.54, 1.807) is 28.3 Å². The van der Waals surface area contributed by atoms with Gasteiger partial charge >= 0.3 is 6.09 Å². The fourth-order valence-corrected chi connectivity index (χ4v) is 12.1. The van der Waals surface area contributed by atoms with Crippen LogP contribution in [-0.2, 0) is 52.2 Å². The molecule has 0 aromatic rings. The van der Waals surface area contributed by atoms with Crippen molar-refractivity contribution in [2.75, 3.05) is 88.0 Å². The summed E-state index contributed by atoms with van der Waals surface area (Å²) in [5.41, 5.74) is -0.147. The molecule has 5 aliphatic rings. The summed E-state index contributed by atoms with van der Waals surface area (Å²) in [6, 6.07) is -0.374. The Morgan fingerprint density at radius 1 is 0.797 bits per heavy atom. The summed E-state index contributed by atoms with van der Waals surface area (Å²) in [4.78, 5) is 27.2. The Balaban J connectivity index is 1.35. The first kappa shape index (κ1) is 48.5. The molecule has 5 rings (SSSR count). The molecule has 5 fully saturated rings. The SMILES string of the molecule is COCCOCO[C@@H]1CC[C@@]2(C)[C@@H](C1)C[C@@H](OCOCCOC)[C@@H]1[C@@H]2C[C@H](OCOCCOC)[C@]2(C)[C@@H]([C@H](C)CC[C@H](F)[C@H](C)C(=O)N3C(=O)OC[C@@H]3C(C)C)CC[C@@H]12. The standard InChI is InChI=1S/C45H78FNO12/c1-29(2)38-25-56-43(49)47(38)42(48)31(4)37(46)13-10-30(3)34-11-12-35-41-36(24-40(45(34,35)6)59-28-55-21-18-52-9)44(5)15-14-33(57-26-53-19-16-50-7)22-32(44)23-39(41)58-27-54-20-17-51-8/h29-41H,10-28H2,1-9H3/t30-,31+,32+,33-,34-,35+,36+,37+,38-,39-,40+,41+,44+,45-/m1/s1. The Bertz CT molecular complexity index is 1300. The number of carbonyl (C=O) groups excluding carboxylic acids is 2. The van der Waals surface area contributed by atoms with Gasteiger partial charge in [-0.25, -0.2) is 14.1 Å². The summed E-state index contributed by atoms with van der Waals surface area (Å²) in [6.07, 6.45) is 5.72. The molecule has 4 saturated carbocycles. The minimum absolute atomic E-state index is 0.00336. The van der Waals surface area contributed by atoms with E-state index in [-0.39, 0.29) is 86.3 Å². The number of nitrogens with zero attached hydrogens (tertiary/aromatic N) is 1. The first-order valence-electron chi connectivity index (χ1n) is 22.5. The topological polar surface area (TPSA) is 130 Å². The third-order valence-electron chi connectivity index (χ3n) is 15.6. The Labute approximate surface area is 353 Å². The van der Waals surface area contributed by atoms with Crippen molar-refractivity contribution >= 4 is 12.0 Å². The number of amides is 2. The van der Waals surface area contributed by atoms with Crippen LogP contribution < -0.4 is 0 Å². The average molecular weight is 844 g/mol. The molecular weight excluding hydrogens is 765 g/mol. The van der Waals surface area contributed by atoms with E-state index in [9.17, 15) is 9.59 Å². The van der Waals surface area contributed by atoms with E-state index in [1.165, 1.54) is 0 Å². The summed E-state index contributed by atoms with van der Waals surface area (Å²) < 4.78 is 74.5. The van der Waals surface area contributed by atoms with Crippen LogP contribution in [0.5, 0.6) is 0 Å². The van der Waals surface area contributed by atoms with Crippen LogP contribution in [0.15, 0.2) is 0 Å². The normalized spacial score (nSPS) is 35.9. The van der Waals surface area contributed by atoms with Crippen LogP contribution in [0.2, 0.25) is 0 Å². The Morgan fingerprint density at radius 2 is 1.42 bits per heavy atom. The number of rotatable bonds is 25. The number of hydrogen-bond donors (Lipinski definition) is 0. The molecule has 342 valence electrons. The molecule has 0 aromatic carbocycles. The molecule has 0 aromatic heterocycles. The highest BCUT2D eigenvalue weighted by Crippen LogP contribution is 2.69. The van der Waals surface area contributed by atoms with Gasteiger partial charge in [0.25, 0.3) is 0 Å². The van der Waals surface area contributed by atoms with Crippen molar-refractivity contribution in [2.24, 2.45) is 58.2 Å². The van der Waals surface area contributed by atoms with E-state index in [1.807, 2.05) is 13.8 Å². The van der Waals surface area contributed by atoms with E-state index in [0.29, 0.717) is 69.7 Å². The summed E-state index contributed by atoms with van der Waals surface area (Å²) in [5, 5.41) is 0. The predicted molar refractivity (Wildman–Crippen MR) is 218 cm³/mol. The van der Waals surface area contributed by atoms with Crippen LogP contribution in [0.3, 0.4) is 0 Å². The molecule has 0 radical (unpaired) electrons. The van der Waals surface area contributed by atoms with Gasteiger partial charge in [0.05, 0.1) is 69.9 Å². The van der Waals surface area contributed by atoms with Gasteiger partial charge in [-0.1, -0.05) is 41.5 Å². The van der Waals surface area contributed by atoms with Gasteiger partial charge in [0, 0.05) is 26.7 Å². The number of ether oxygens (including phenoxy) is 10. The van der Waals surface area contributed by atoms with Gasteiger partial charge in [0.1, 0.15) is 33.2 Å². The predicted octanol–water partition coefficient (Wildman–Crippen LogP) is 7.28. The summed E-state index contributed by atoms with van der Waals surface area (Å²) >= 11 is 0. The first-order chi connectivity index (χ1) is 28.3. The van der Waals surface area contributed by atoms with Crippen LogP contribution in [0, 0.1) is 58.2 Å². The summed E-state index contributed by atoms with van der Waals surface area (Å²) in [7, 11) is 5.00. The number of hydrogen-bond acceptors (Lipinski definition) is 12. The van der Waals surface area contributed by atoms with Gasteiger partial charge in [0.2, 0.25) is 5.91 Å². The number of halogens is 1. The molecular formula is C45H78FNO12. The maximum absolute atomic E-state index is 16.1. The van der Waals surface area contributed by atoms with Crippen LogP contribution in [-0.4, -0.2) is 135 Å². The molecule has 4 aliphatic carbocycles. The number of alkyl halides is 1. The van der Waals surface area contributed by atoms with E-state index in [0.717, 1.165) is 49.8 Å². The van der Waals surface area contributed by atoms with Crippen molar-refractivity contribution in [1.29, 1.82) is 0 Å². The number of carbonyl (C=O) groups is 2. The Morgan fingerprint density at radius 3 is 2.05 bits per heavy atom. The van der Waals surface area contributed by atoms with Gasteiger partial charge in [-0.05, 0) is 105 Å². The quantitative estimate of drug-likeness (QED) is 0.0677. The van der Waals surface area contributed by atoms with Gasteiger partial charge in [-0.3, -0.25) is 4.79 Å². The second kappa shape index (κ2) is 22.7. The third-order valence-corrected chi connectivity index (χ3v) is 15.6. The number of fused-ring (bicyclic) bond motifs is 5. The highest BCUT2D eigenvalue weighted by atomic mass is 19.1. The minimum atomic E-state index is -1.38. The van der Waals surface area contributed by atoms with Crippen molar-refractivity contribution in [2.45, 2.75) is 130 Å². The minimum Gasteiger partial charge on any atom is -0.447 e. The summed E-state index contributed by atoms with van der Waals surface area (Å²) in [5.74, 6) is 0.396. The molecule has 1 heterocycles. The molecule has 0 bridgehead atoms. The fraction of sp³-hybridized carbons (Fsp3) is 0.956. The monoisotopic (exact) mass is 844 g/mol. The highest BCUT2D eigenvalue weighted by molar-refractivity contribution is 5.95. The van der Waals surface area contributed by atoms with E-state index in [2.05, 4.69) is 20.8 Å². The van der Waals surface area contributed by atoms with Gasteiger partial charge in [-0.2, -0.15) is 0 Å². The molecule has 1 aliphatic heterocycles. The molecule has 14 atom stereocenters. The van der Waals surface area contributed by atoms with E-state index >= 15 is 4.39 Å². The lowest BCUT2D eigenvalue weighted by Crippen LogP contribution is -2.63. The zero-order chi connectivity index (χ0) is 42.7. The van der Waals surface area contributed by atoms with Crippen LogP contribution in [0.25, 0.3) is 0 Å². The lowest BCUT2D eigenvalue weighted by Gasteiger charge is -2.64. The number of cyclic esters (lactones) is 1. The zero-order valence-corrected chi connectivity index (χ0v) is 37.7. The fourth-order valence-electron chi connectivity index (χ4n) is 12.1. The number of imide groups is 1. The highest BCUT2D eigenvalue weighted by Gasteiger charge is 2.67. The molecule has 14 heteroatoms. The largest absolute Gasteiger partial charge is 0.447 e. The zero-order valence-electron chi connectivity index (χ0n) is 37.7. The van der Waals surface area contributed by atoms with Crippen molar-refractivity contribution < 1.29 is 61.3 Å². The van der Waals surface area contributed by atoms with E-state index < -0.39 is 24.1 Å². The average Bonchev–Trinajstić information content (AvgIpc) is 3.79. The first-order valence-corrected chi connectivity index (χ1v) is 22.5. The van der Waals surface area contributed by atoms with Crippen molar-refractivity contribution in [3.8, 4) is 0 Å². The lowest BCUT2D eigenvalue weighted by atomic mass is 9.43. The van der Waals surface area contributed by atoms with Crippen LogP contribution in [0.1, 0.15) is 99.3 Å². The Hall–Kier alpha value is -1.49. The van der Waals surface area contributed by atoms with Crippen LogP contribution >= 0.6 is 0 Å². The van der Waals surface area contributed by atoms with Crippen LogP contribution in [0.4, 0.5) is 9.18 Å². The number of methoxy groups -OCH3 is 3. The molecule has 59 heavy (non-hydrogen) atoms. The van der Waals surface area contributed by atoms with Gasteiger partial charge in [-0.15, -0.1) is 0 Å². The Kier molecular flexibility index (Phi) is 18.7. The maximum atomic E-state index is 16.1. The smallest absolute Gasteiger partial charge is 0.416 e. The van der Waals surface area contributed by atoms with Gasteiger partial charge in [0.15, 0.2) is 0 Å². The molecule has 0 unspecified atom stereocenters. The molecule has 13 nitrogen and oxygen atoms in total. The van der Waals surface area contributed by atoms with Crippen molar-refractivity contribution in [3.05, 3.63) is 0 Å². The summed E-state index contributed by atoms with van der Waals surface area (Å²) in [6.45, 7) is 16.4. The molecule has 2 amide bonds. The molecule has 1 saturated heterocycles. The van der Waals surface area contributed by atoms with E-state index in [4.69, 9.17) is 47.4 Å². The molecule has 0 spiro atoms. The van der Waals surface area contributed by atoms with Crippen molar-refractivity contribution in [1.82, 2.24) is 4.90 Å². The second-order valence-corrected chi connectivity index (χ2v) is 19.0. The lowest BCUT2D eigenvalue weighted by molar-refractivity contribution is -0.253. The van der Waals surface area contributed by atoms with Crippen molar-refractivity contribution in [3.63, 3.8) is 0 Å². The second-order valence-electron chi connectivity index (χ2n) is 19.0. The molecule has 0 N–H and O–H groups in total. The van der Waals surface area contributed by atoms with Gasteiger partial charge < -0.3 is 47.4 Å². The maximum Gasteiger partial charge on any atom is 0.416 e.